The highest BCUT2D eigenvalue weighted by molar-refractivity contribution is 5.67. The van der Waals surface area contributed by atoms with E-state index in [0.717, 1.165) is 13.0 Å². The number of hydrogen-bond acceptors (Lipinski definition) is 4. The maximum atomic E-state index is 11.8. The van der Waals surface area contributed by atoms with E-state index < -0.39 is 5.60 Å². The third kappa shape index (κ3) is 9.82. The summed E-state index contributed by atoms with van der Waals surface area (Å²) in [4.78, 5) is 14.2. The van der Waals surface area contributed by atoms with Gasteiger partial charge in [-0.15, -0.1) is 0 Å². The minimum absolute atomic E-state index is 0.301. The lowest BCUT2D eigenvalue weighted by Crippen LogP contribution is -2.46. The number of alkyl carbamates (subject to hydrolysis) is 1. The molecule has 2 N–H and O–H groups in total. The van der Waals surface area contributed by atoms with Crippen LogP contribution >= 0.6 is 0 Å². The molecule has 1 rings (SSSR count). The minimum Gasteiger partial charge on any atom is -0.444 e. The largest absolute Gasteiger partial charge is 0.444 e. The number of nitrogens with zero attached hydrogens (tertiary/aromatic N) is 1. The molecule has 0 radical (unpaired) electrons. The van der Waals surface area contributed by atoms with Crippen molar-refractivity contribution in [2.75, 3.05) is 33.2 Å². The highest BCUT2D eigenvalue weighted by Gasteiger charge is 2.20. The highest BCUT2D eigenvalue weighted by atomic mass is 16.6. The van der Waals surface area contributed by atoms with Crippen molar-refractivity contribution < 1.29 is 9.53 Å². The summed E-state index contributed by atoms with van der Waals surface area (Å²) < 4.78 is 5.32. The molecule has 0 spiro atoms. The first kappa shape index (κ1) is 20.2. The predicted octanol–water partition coefficient (Wildman–Crippen LogP) is 2.86. The van der Waals surface area contributed by atoms with Crippen LogP contribution in [0.15, 0.2) is 0 Å². The van der Waals surface area contributed by atoms with Crippen molar-refractivity contribution in [3.8, 4) is 0 Å². The molecule has 0 aromatic heterocycles. The molecule has 136 valence electrons. The summed E-state index contributed by atoms with van der Waals surface area (Å²) in [6, 6.07) is 0.301. The molecule has 1 saturated heterocycles. The molecule has 0 aliphatic carbocycles. The fourth-order valence-corrected chi connectivity index (χ4v) is 3.10. The van der Waals surface area contributed by atoms with E-state index in [1.54, 1.807) is 0 Å². The van der Waals surface area contributed by atoms with E-state index >= 15 is 0 Å². The number of piperidine rings is 1. The number of ether oxygens (including phenoxy) is 1. The molecule has 1 aliphatic heterocycles. The third-order valence-electron chi connectivity index (χ3n) is 4.06. The van der Waals surface area contributed by atoms with E-state index in [-0.39, 0.29) is 6.09 Å². The van der Waals surface area contributed by atoms with Crippen LogP contribution in [0.2, 0.25) is 0 Å². The topological polar surface area (TPSA) is 53.6 Å². The number of nitrogens with one attached hydrogen (secondary N) is 2. The van der Waals surface area contributed by atoms with Crippen LogP contribution in [0, 0.1) is 11.8 Å². The second kappa shape index (κ2) is 9.48. The molecule has 5 heteroatoms. The highest BCUT2D eigenvalue weighted by Crippen LogP contribution is 2.15. The first-order chi connectivity index (χ1) is 10.7. The molecule has 0 aromatic rings. The minimum atomic E-state index is -0.447. The maximum absolute atomic E-state index is 11.8. The van der Waals surface area contributed by atoms with Gasteiger partial charge in [0.2, 0.25) is 0 Å². The van der Waals surface area contributed by atoms with Crippen LogP contribution in [-0.2, 0) is 4.74 Å². The van der Waals surface area contributed by atoms with E-state index in [9.17, 15) is 4.79 Å². The van der Waals surface area contributed by atoms with Crippen molar-refractivity contribution in [2.45, 2.75) is 65.5 Å². The Kier molecular flexibility index (Phi) is 8.34. The molecule has 23 heavy (non-hydrogen) atoms. The predicted molar refractivity (Wildman–Crippen MR) is 95.7 cm³/mol. The Balaban J connectivity index is 2.38. The Hall–Kier alpha value is -0.810. The van der Waals surface area contributed by atoms with Crippen LogP contribution < -0.4 is 10.6 Å². The van der Waals surface area contributed by atoms with E-state index in [1.165, 1.54) is 25.9 Å². The molecule has 2 unspecified atom stereocenters. The molecular weight excluding hydrogens is 290 g/mol. The first-order valence-electron chi connectivity index (χ1n) is 9.04. The van der Waals surface area contributed by atoms with Crippen molar-refractivity contribution in [1.29, 1.82) is 0 Å². The summed E-state index contributed by atoms with van der Waals surface area (Å²) in [5.74, 6) is 1.31. The van der Waals surface area contributed by atoms with Crippen LogP contribution in [0.1, 0.15) is 53.9 Å². The Labute approximate surface area is 142 Å². The van der Waals surface area contributed by atoms with Crippen LogP contribution in [0.25, 0.3) is 0 Å². The van der Waals surface area contributed by atoms with Crippen molar-refractivity contribution in [1.82, 2.24) is 15.5 Å². The standard InChI is InChI=1S/C18H37N3O2/c1-14(2)10-16(12-20-17(22)23-18(3,4)5)19-11-15-8-7-9-21(6)13-15/h14-16,19H,7-13H2,1-6H3,(H,20,22). The van der Waals surface area contributed by atoms with Crippen molar-refractivity contribution >= 4 is 6.09 Å². The molecule has 2 atom stereocenters. The number of carbonyl (C=O) groups excluding carboxylic acids is 1. The second-order valence-electron chi connectivity index (χ2n) is 8.39. The van der Waals surface area contributed by atoms with Gasteiger partial charge in [0.15, 0.2) is 0 Å². The second-order valence-corrected chi connectivity index (χ2v) is 8.39. The number of hydrogen-bond donors (Lipinski definition) is 2. The maximum Gasteiger partial charge on any atom is 0.407 e. The van der Waals surface area contributed by atoms with Crippen LogP contribution in [0.5, 0.6) is 0 Å². The zero-order valence-electron chi connectivity index (χ0n) is 15.9. The zero-order valence-corrected chi connectivity index (χ0v) is 15.9. The number of amides is 1. The van der Waals surface area contributed by atoms with Crippen molar-refractivity contribution in [2.24, 2.45) is 11.8 Å². The van der Waals surface area contributed by atoms with Gasteiger partial charge in [-0.3, -0.25) is 0 Å². The lowest BCUT2D eigenvalue weighted by Gasteiger charge is -2.31. The van der Waals surface area contributed by atoms with Gasteiger partial charge in [0.25, 0.3) is 0 Å². The fourth-order valence-electron chi connectivity index (χ4n) is 3.10. The molecule has 1 fully saturated rings. The van der Waals surface area contributed by atoms with Gasteiger partial charge < -0.3 is 20.3 Å². The summed E-state index contributed by atoms with van der Waals surface area (Å²) in [7, 11) is 2.20. The quantitative estimate of drug-likeness (QED) is 0.755. The van der Waals surface area contributed by atoms with Crippen LogP contribution in [0.4, 0.5) is 4.79 Å². The molecule has 0 bridgehead atoms. The fraction of sp³-hybridized carbons (Fsp3) is 0.944. The third-order valence-corrected chi connectivity index (χ3v) is 4.06. The smallest absolute Gasteiger partial charge is 0.407 e. The van der Waals surface area contributed by atoms with Gasteiger partial charge in [-0.1, -0.05) is 13.8 Å². The normalized spacial score (nSPS) is 21.3. The summed E-state index contributed by atoms with van der Waals surface area (Å²) in [5, 5.41) is 6.57. The average molecular weight is 328 g/mol. The van der Waals surface area contributed by atoms with Crippen LogP contribution in [0.3, 0.4) is 0 Å². The van der Waals surface area contributed by atoms with E-state index in [4.69, 9.17) is 4.74 Å². The number of carbonyl (C=O) groups is 1. The summed E-state index contributed by atoms with van der Waals surface area (Å²) in [6.07, 6.45) is 3.31. The Bertz CT molecular complexity index is 353. The SMILES string of the molecule is CC(C)CC(CNC(=O)OC(C)(C)C)NCC1CCCN(C)C1. The van der Waals surface area contributed by atoms with Crippen LogP contribution in [-0.4, -0.2) is 55.9 Å². The lowest BCUT2D eigenvalue weighted by atomic mass is 9.97. The Morgan fingerprint density at radius 1 is 1.35 bits per heavy atom. The summed E-state index contributed by atoms with van der Waals surface area (Å²) >= 11 is 0. The Morgan fingerprint density at radius 3 is 2.61 bits per heavy atom. The van der Waals surface area contributed by atoms with Gasteiger partial charge in [0.1, 0.15) is 5.60 Å². The van der Waals surface area contributed by atoms with E-state index in [2.05, 4.69) is 36.4 Å². The van der Waals surface area contributed by atoms with Gasteiger partial charge in [0, 0.05) is 19.1 Å². The van der Waals surface area contributed by atoms with Gasteiger partial charge >= 0.3 is 6.09 Å². The lowest BCUT2D eigenvalue weighted by molar-refractivity contribution is 0.0520. The van der Waals surface area contributed by atoms with Gasteiger partial charge in [-0.05, 0) is 72.0 Å². The summed E-state index contributed by atoms with van der Waals surface area (Å²) in [6.45, 7) is 14.1. The Morgan fingerprint density at radius 2 is 2.04 bits per heavy atom. The molecule has 5 nitrogen and oxygen atoms in total. The first-order valence-corrected chi connectivity index (χ1v) is 9.04. The van der Waals surface area contributed by atoms with Gasteiger partial charge in [0.05, 0.1) is 0 Å². The summed E-state index contributed by atoms with van der Waals surface area (Å²) in [5.41, 5.74) is -0.447. The number of likely N-dealkylation sites (tertiary alicyclic amines) is 1. The van der Waals surface area contributed by atoms with E-state index in [0.29, 0.717) is 24.4 Å². The number of rotatable bonds is 7. The molecule has 0 saturated carbocycles. The van der Waals surface area contributed by atoms with Gasteiger partial charge in [-0.2, -0.15) is 0 Å². The molecule has 1 aliphatic rings. The van der Waals surface area contributed by atoms with E-state index in [1.807, 2.05) is 20.8 Å². The van der Waals surface area contributed by atoms with Crippen molar-refractivity contribution in [3.05, 3.63) is 0 Å². The van der Waals surface area contributed by atoms with Crippen molar-refractivity contribution in [3.63, 3.8) is 0 Å². The van der Waals surface area contributed by atoms with Gasteiger partial charge in [-0.25, -0.2) is 4.79 Å². The molecule has 1 heterocycles. The molecular formula is C18H37N3O2. The monoisotopic (exact) mass is 327 g/mol. The molecule has 0 aromatic carbocycles. The zero-order chi connectivity index (χ0) is 17.5. The average Bonchev–Trinajstić information content (AvgIpc) is 2.39. The molecule has 1 amide bonds.